The number of rotatable bonds is 5. The van der Waals surface area contributed by atoms with Gasteiger partial charge in [-0.2, -0.15) is 0 Å². The van der Waals surface area contributed by atoms with Crippen molar-refractivity contribution in [2.45, 2.75) is 6.54 Å². The summed E-state index contributed by atoms with van der Waals surface area (Å²) >= 11 is 0. The lowest BCUT2D eigenvalue weighted by Crippen LogP contribution is -2.31. The molecule has 0 saturated heterocycles. The minimum atomic E-state index is -0.912. The molecule has 146 valence electrons. The Morgan fingerprint density at radius 3 is 2.66 bits per heavy atom. The molecule has 0 radical (unpaired) electrons. The summed E-state index contributed by atoms with van der Waals surface area (Å²) < 4.78 is 33.5. The number of fused-ring (bicyclic) bond motifs is 1. The van der Waals surface area contributed by atoms with Crippen LogP contribution in [-0.2, 0) is 20.9 Å². The predicted octanol–water partition coefficient (Wildman–Crippen LogP) is 2.71. The van der Waals surface area contributed by atoms with Crippen LogP contribution in [0.3, 0.4) is 0 Å². The zero-order chi connectivity index (χ0) is 20.5. The van der Waals surface area contributed by atoms with Gasteiger partial charge in [0.25, 0.3) is 11.7 Å². The highest BCUT2D eigenvalue weighted by Gasteiger charge is 2.24. The van der Waals surface area contributed by atoms with Crippen LogP contribution in [-0.4, -0.2) is 28.8 Å². The Labute approximate surface area is 163 Å². The van der Waals surface area contributed by atoms with E-state index in [9.17, 15) is 23.2 Å². The number of hydrogen-bond donors (Lipinski definition) is 1. The Balaban J connectivity index is 1.66. The molecule has 4 rings (SSSR count). The molecule has 1 aliphatic heterocycles. The average Bonchev–Trinajstić information content (AvgIpc) is 3.27. The van der Waals surface area contributed by atoms with Crippen LogP contribution in [0.1, 0.15) is 15.9 Å². The zero-order valence-corrected chi connectivity index (χ0v) is 14.9. The number of ether oxygens (including phenoxy) is 1. The quantitative estimate of drug-likeness (QED) is 0.409. The summed E-state index contributed by atoms with van der Waals surface area (Å²) in [5, 5.41) is 2.88. The first-order valence-corrected chi connectivity index (χ1v) is 8.67. The van der Waals surface area contributed by atoms with Crippen molar-refractivity contribution in [3.63, 3.8) is 0 Å². The number of esters is 1. The number of cyclic esters (lactones) is 1. The van der Waals surface area contributed by atoms with Gasteiger partial charge < -0.3 is 14.6 Å². The van der Waals surface area contributed by atoms with Crippen molar-refractivity contribution in [3.05, 3.63) is 83.2 Å². The molecule has 0 saturated carbocycles. The topological polar surface area (TPSA) is 77.4 Å². The van der Waals surface area contributed by atoms with E-state index in [-0.39, 0.29) is 30.0 Å². The number of carbonyl (C=O) groups is 3. The molecule has 0 aliphatic carbocycles. The Morgan fingerprint density at radius 1 is 1.14 bits per heavy atom. The van der Waals surface area contributed by atoms with Gasteiger partial charge in [0.2, 0.25) is 0 Å². The van der Waals surface area contributed by atoms with Crippen LogP contribution in [0.5, 0.6) is 0 Å². The molecule has 1 N–H and O–H groups in total. The molecule has 0 bridgehead atoms. The van der Waals surface area contributed by atoms with Gasteiger partial charge in [0.15, 0.2) is 0 Å². The van der Waals surface area contributed by atoms with Crippen LogP contribution < -0.4 is 5.32 Å². The number of nitrogens with one attached hydrogen (secondary N) is 1. The number of hydrogen-bond acceptors (Lipinski definition) is 4. The zero-order valence-electron chi connectivity index (χ0n) is 14.9. The van der Waals surface area contributed by atoms with Crippen molar-refractivity contribution in [1.82, 2.24) is 9.88 Å². The van der Waals surface area contributed by atoms with E-state index in [0.29, 0.717) is 10.9 Å². The lowest BCUT2D eigenvalue weighted by atomic mass is 10.1. The van der Waals surface area contributed by atoms with E-state index in [0.717, 1.165) is 18.2 Å². The Bertz CT molecular complexity index is 1200. The van der Waals surface area contributed by atoms with E-state index in [4.69, 9.17) is 0 Å². The molecule has 29 heavy (non-hydrogen) atoms. The van der Waals surface area contributed by atoms with Gasteiger partial charge in [0.1, 0.15) is 18.2 Å². The molecule has 2 aromatic carbocycles. The number of Topliss-reactive ketones (excluding diaryl/α,β-unsaturated/α-hetero) is 1. The number of ketones is 1. The molecule has 1 aromatic heterocycles. The number of aromatic nitrogens is 1. The van der Waals surface area contributed by atoms with Crippen molar-refractivity contribution in [2.75, 3.05) is 6.61 Å². The number of carbonyl (C=O) groups excluding carboxylic acids is 3. The van der Waals surface area contributed by atoms with Crippen LogP contribution >= 0.6 is 0 Å². The minimum Gasteiger partial charge on any atom is -0.456 e. The van der Waals surface area contributed by atoms with E-state index in [2.05, 4.69) is 10.1 Å². The number of nitrogens with zero attached hydrogens (tertiary/aromatic N) is 1. The van der Waals surface area contributed by atoms with Crippen molar-refractivity contribution >= 4 is 28.6 Å². The first kappa shape index (κ1) is 18.5. The van der Waals surface area contributed by atoms with E-state index in [1.165, 1.54) is 12.3 Å². The van der Waals surface area contributed by atoms with Gasteiger partial charge >= 0.3 is 5.97 Å². The number of benzene rings is 2. The Kier molecular flexibility index (Phi) is 4.67. The van der Waals surface area contributed by atoms with Gasteiger partial charge in [-0.3, -0.25) is 9.59 Å². The molecule has 3 aromatic rings. The fourth-order valence-corrected chi connectivity index (χ4v) is 3.16. The normalized spacial score (nSPS) is 13.3. The van der Waals surface area contributed by atoms with Crippen molar-refractivity contribution in [2.24, 2.45) is 0 Å². The molecule has 0 fully saturated rings. The molecular weight excluding hydrogens is 382 g/mol. The summed E-state index contributed by atoms with van der Waals surface area (Å²) in [4.78, 5) is 36.1. The van der Waals surface area contributed by atoms with E-state index in [1.807, 2.05) is 0 Å². The largest absolute Gasteiger partial charge is 0.456 e. The van der Waals surface area contributed by atoms with Crippen molar-refractivity contribution in [3.8, 4) is 0 Å². The van der Waals surface area contributed by atoms with Crippen LogP contribution in [0.2, 0.25) is 0 Å². The Morgan fingerprint density at radius 2 is 1.93 bits per heavy atom. The highest BCUT2D eigenvalue weighted by molar-refractivity contribution is 6.45. The molecule has 1 aliphatic rings. The lowest BCUT2D eigenvalue weighted by Gasteiger charge is -2.07. The summed E-state index contributed by atoms with van der Waals surface area (Å²) in [6, 6.07) is 10.2. The first-order chi connectivity index (χ1) is 13.9. The van der Waals surface area contributed by atoms with Gasteiger partial charge in [-0.25, -0.2) is 13.6 Å². The van der Waals surface area contributed by atoms with Gasteiger partial charge in [-0.1, -0.05) is 24.3 Å². The highest BCUT2D eigenvalue weighted by atomic mass is 19.1. The average molecular weight is 396 g/mol. The molecular formula is C21H14F2N2O4. The monoisotopic (exact) mass is 396 g/mol. The van der Waals surface area contributed by atoms with Crippen LogP contribution in [0.15, 0.2) is 60.4 Å². The molecule has 6 nitrogen and oxygen atoms in total. The maximum atomic E-state index is 14.1. The highest BCUT2D eigenvalue weighted by Crippen LogP contribution is 2.24. The summed E-state index contributed by atoms with van der Waals surface area (Å²) in [6.45, 7) is -0.0571. The van der Waals surface area contributed by atoms with Crippen LogP contribution in [0.4, 0.5) is 8.78 Å². The first-order valence-electron chi connectivity index (χ1n) is 8.67. The smallest absolute Gasteiger partial charge is 0.333 e. The van der Waals surface area contributed by atoms with Gasteiger partial charge in [0, 0.05) is 34.8 Å². The second-order valence-electron chi connectivity index (χ2n) is 6.48. The standard InChI is InChI=1S/C21H14F2N2O4/c22-13-6-5-12(17(23)7-13)9-25-10-16(15-3-1-2-4-18(15)25)20(27)21(28)24-14-8-19(26)29-11-14/h1-8,10H,9,11H2,(H,24,28). The molecule has 0 atom stereocenters. The second-order valence-corrected chi connectivity index (χ2v) is 6.48. The summed E-state index contributed by atoms with van der Waals surface area (Å²) in [7, 11) is 0. The molecule has 2 heterocycles. The lowest BCUT2D eigenvalue weighted by molar-refractivity contribution is -0.135. The van der Waals surface area contributed by atoms with Gasteiger partial charge in [0.05, 0.1) is 17.8 Å². The fraction of sp³-hybridized carbons (Fsp3) is 0.0952. The third kappa shape index (κ3) is 3.64. The predicted molar refractivity (Wildman–Crippen MR) is 98.9 cm³/mol. The molecule has 0 spiro atoms. The third-order valence-corrected chi connectivity index (χ3v) is 4.53. The van der Waals surface area contributed by atoms with Crippen molar-refractivity contribution < 1.29 is 27.9 Å². The minimum absolute atomic E-state index is 0.0506. The van der Waals surface area contributed by atoms with Gasteiger partial charge in [-0.05, 0) is 12.1 Å². The number of amides is 1. The third-order valence-electron chi connectivity index (χ3n) is 4.53. The van der Waals surface area contributed by atoms with E-state index in [1.54, 1.807) is 28.8 Å². The SMILES string of the molecule is O=C1C=C(NC(=O)C(=O)c2cn(Cc3ccc(F)cc3F)c3ccccc23)CO1. The van der Waals surface area contributed by atoms with Crippen molar-refractivity contribution in [1.29, 1.82) is 0 Å². The molecule has 1 amide bonds. The number of para-hydroxylation sites is 1. The Hall–Kier alpha value is -3.81. The van der Waals surface area contributed by atoms with Crippen LogP contribution in [0, 0.1) is 11.6 Å². The second kappa shape index (κ2) is 7.31. The van der Waals surface area contributed by atoms with E-state index < -0.39 is 29.3 Å². The van der Waals surface area contributed by atoms with Gasteiger partial charge in [-0.15, -0.1) is 0 Å². The summed E-state index contributed by atoms with van der Waals surface area (Å²) in [5.41, 5.74) is 1.19. The fourth-order valence-electron chi connectivity index (χ4n) is 3.16. The maximum absolute atomic E-state index is 14.1. The number of halogens is 2. The maximum Gasteiger partial charge on any atom is 0.333 e. The summed E-state index contributed by atoms with van der Waals surface area (Å²) in [6.07, 6.45) is 2.56. The van der Waals surface area contributed by atoms with E-state index >= 15 is 0 Å². The molecule has 8 heteroatoms. The molecule has 0 unspecified atom stereocenters. The summed E-state index contributed by atoms with van der Waals surface area (Å²) in [5.74, 6) is -3.69. The van der Waals surface area contributed by atoms with Crippen LogP contribution in [0.25, 0.3) is 10.9 Å².